The van der Waals surface area contributed by atoms with Crippen LogP contribution >= 0.6 is 11.3 Å². The summed E-state index contributed by atoms with van der Waals surface area (Å²) in [6, 6.07) is 12.4. The Hall–Kier alpha value is -1.81. The summed E-state index contributed by atoms with van der Waals surface area (Å²) in [4.78, 5) is 1.33. The fourth-order valence-electron chi connectivity index (χ4n) is 1.95. The van der Waals surface area contributed by atoms with Gasteiger partial charge in [-0.1, -0.05) is 18.2 Å². The fraction of sp³-hybridized carbons (Fsp3) is 0.154. The zero-order valence-electron chi connectivity index (χ0n) is 9.26. The van der Waals surface area contributed by atoms with Gasteiger partial charge in [-0.2, -0.15) is 5.10 Å². The Morgan fingerprint density at radius 1 is 1.24 bits per heavy atom. The summed E-state index contributed by atoms with van der Waals surface area (Å²) in [5.74, 6) is 0. The highest BCUT2D eigenvalue weighted by atomic mass is 32.1. The van der Waals surface area contributed by atoms with Gasteiger partial charge in [0, 0.05) is 17.0 Å². The lowest BCUT2D eigenvalue weighted by molar-refractivity contribution is 0.630. The number of hydrazone groups is 1. The number of hydrogen-bond acceptors (Lipinski definition) is 4. The van der Waals surface area contributed by atoms with Gasteiger partial charge in [-0.15, -0.1) is 11.3 Å². The Morgan fingerprint density at radius 2 is 2.06 bits per heavy atom. The van der Waals surface area contributed by atoms with Crippen molar-refractivity contribution in [1.82, 2.24) is 5.43 Å². The number of nitrogens with two attached hydrogens (primary N) is 1. The van der Waals surface area contributed by atoms with E-state index in [9.17, 15) is 0 Å². The third-order valence-electron chi connectivity index (χ3n) is 2.88. The summed E-state index contributed by atoms with van der Waals surface area (Å²) >= 11 is 1.76. The second-order valence-corrected chi connectivity index (χ2v) is 5.06. The van der Waals surface area contributed by atoms with E-state index in [2.05, 4.69) is 28.0 Å². The number of benzene rings is 1. The number of nitrogen functional groups attached to an aromatic ring is 1. The van der Waals surface area contributed by atoms with Crippen LogP contribution in [0.1, 0.15) is 22.9 Å². The van der Waals surface area contributed by atoms with Crippen molar-refractivity contribution in [2.24, 2.45) is 5.10 Å². The molecule has 1 atom stereocenters. The van der Waals surface area contributed by atoms with Crippen molar-refractivity contribution in [3.8, 4) is 0 Å². The van der Waals surface area contributed by atoms with Crippen molar-refractivity contribution in [1.29, 1.82) is 0 Å². The maximum Gasteiger partial charge on any atom is 0.0838 e. The third kappa shape index (κ3) is 2.03. The van der Waals surface area contributed by atoms with Crippen LogP contribution in [0.25, 0.3) is 0 Å². The molecule has 1 aliphatic heterocycles. The summed E-state index contributed by atoms with van der Waals surface area (Å²) in [5.41, 5.74) is 11.9. The zero-order valence-corrected chi connectivity index (χ0v) is 10.1. The van der Waals surface area contributed by atoms with Crippen molar-refractivity contribution in [3.63, 3.8) is 0 Å². The molecule has 1 unspecified atom stereocenters. The summed E-state index contributed by atoms with van der Waals surface area (Å²) in [7, 11) is 0. The number of nitrogens with zero attached hydrogens (tertiary/aromatic N) is 1. The lowest BCUT2D eigenvalue weighted by Crippen LogP contribution is -2.07. The van der Waals surface area contributed by atoms with Crippen molar-refractivity contribution in [2.75, 3.05) is 5.73 Å². The Bertz CT molecular complexity index is 528. The normalized spacial score (nSPS) is 18.8. The highest BCUT2D eigenvalue weighted by Gasteiger charge is 2.21. The molecule has 0 bridgehead atoms. The number of nitrogens with one attached hydrogen (secondary N) is 1. The van der Waals surface area contributed by atoms with Gasteiger partial charge in [0.05, 0.1) is 11.8 Å². The van der Waals surface area contributed by atoms with Gasteiger partial charge in [0.25, 0.3) is 0 Å². The molecule has 0 saturated carbocycles. The zero-order chi connectivity index (χ0) is 11.7. The van der Waals surface area contributed by atoms with E-state index in [0.29, 0.717) is 6.04 Å². The van der Waals surface area contributed by atoms with Crippen LogP contribution in [-0.4, -0.2) is 5.71 Å². The van der Waals surface area contributed by atoms with Crippen LogP contribution in [0.4, 0.5) is 5.69 Å². The minimum Gasteiger partial charge on any atom is -0.399 e. The second kappa shape index (κ2) is 4.22. The first-order valence-electron chi connectivity index (χ1n) is 5.54. The van der Waals surface area contributed by atoms with E-state index in [1.165, 1.54) is 4.88 Å². The van der Waals surface area contributed by atoms with Gasteiger partial charge in [0.15, 0.2) is 0 Å². The molecule has 0 spiro atoms. The average Bonchev–Trinajstić information content (AvgIpc) is 3.00. The molecule has 4 heteroatoms. The highest BCUT2D eigenvalue weighted by Crippen LogP contribution is 2.27. The maximum atomic E-state index is 5.68. The van der Waals surface area contributed by atoms with Gasteiger partial charge >= 0.3 is 0 Å². The molecule has 2 heterocycles. The van der Waals surface area contributed by atoms with Crippen LogP contribution in [0.5, 0.6) is 0 Å². The molecule has 2 aromatic rings. The van der Waals surface area contributed by atoms with Crippen molar-refractivity contribution in [3.05, 3.63) is 52.2 Å². The van der Waals surface area contributed by atoms with Crippen molar-refractivity contribution >= 4 is 22.7 Å². The van der Waals surface area contributed by atoms with E-state index >= 15 is 0 Å². The standard InChI is InChI=1S/C13H13N3S/c14-10-5-3-9(4-6-10)11-8-12(16-15-11)13-2-1-7-17-13/h1-7,12,16H,8,14H2. The Morgan fingerprint density at radius 3 is 2.76 bits per heavy atom. The quantitative estimate of drug-likeness (QED) is 0.797. The second-order valence-electron chi connectivity index (χ2n) is 4.08. The van der Waals surface area contributed by atoms with E-state index in [-0.39, 0.29) is 0 Å². The molecule has 1 aromatic heterocycles. The van der Waals surface area contributed by atoms with Gasteiger partial charge in [-0.05, 0) is 29.1 Å². The van der Waals surface area contributed by atoms with Gasteiger partial charge in [-0.3, -0.25) is 0 Å². The van der Waals surface area contributed by atoms with Gasteiger partial charge in [-0.25, -0.2) is 0 Å². The van der Waals surface area contributed by atoms with E-state index < -0.39 is 0 Å². The third-order valence-corrected chi connectivity index (χ3v) is 3.87. The first-order valence-corrected chi connectivity index (χ1v) is 6.42. The number of hydrogen-bond donors (Lipinski definition) is 2. The first-order chi connectivity index (χ1) is 8.33. The maximum absolute atomic E-state index is 5.68. The minimum atomic E-state index is 0.322. The molecule has 1 aromatic carbocycles. The molecule has 0 aliphatic carbocycles. The van der Waals surface area contributed by atoms with Crippen LogP contribution in [0.3, 0.4) is 0 Å². The van der Waals surface area contributed by atoms with Gasteiger partial charge in [0.1, 0.15) is 0 Å². The molecule has 3 N–H and O–H groups in total. The number of anilines is 1. The fourth-order valence-corrected chi connectivity index (χ4v) is 2.72. The first kappa shape index (κ1) is 10.4. The molecular formula is C13H13N3S. The van der Waals surface area contributed by atoms with Crippen LogP contribution < -0.4 is 11.2 Å². The predicted octanol–water partition coefficient (Wildman–Crippen LogP) is 2.77. The molecule has 1 aliphatic rings. The highest BCUT2D eigenvalue weighted by molar-refractivity contribution is 7.10. The molecule has 0 saturated heterocycles. The predicted molar refractivity (Wildman–Crippen MR) is 72.2 cm³/mol. The summed E-state index contributed by atoms with van der Waals surface area (Å²) in [5, 5.41) is 6.50. The summed E-state index contributed by atoms with van der Waals surface area (Å²) in [6.07, 6.45) is 0.935. The largest absolute Gasteiger partial charge is 0.399 e. The van der Waals surface area contributed by atoms with Crippen LogP contribution in [0.15, 0.2) is 46.9 Å². The number of rotatable bonds is 2. The minimum absolute atomic E-state index is 0.322. The molecule has 0 radical (unpaired) electrons. The molecule has 3 nitrogen and oxygen atoms in total. The molecule has 86 valence electrons. The Kier molecular flexibility index (Phi) is 2.57. The summed E-state index contributed by atoms with van der Waals surface area (Å²) < 4.78 is 0. The van der Waals surface area contributed by atoms with Crippen LogP contribution in [0.2, 0.25) is 0 Å². The average molecular weight is 243 g/mol. The Balaban J connectivity index is 1.77. The molecular weight excluding hydrogens is 230 g/mol. The monoisotopic (exact) mass is 243 g/mol. The van der Waals surface area contributed by atoms with Gasteiger partial charge in [0.2, 0.25) is 0 Å². The van der Waals surface area contributed by atoms with Gasteiger partial charge < -0.3 is 11.2 Å². The van der Waals surface area contributed by atoms with E-state index in [0.717, 1.165) is 23.4 Å². The van der Waals surface area contributed by atoms with E-state index in [4.69, 9.17) is 5.73 Å². The Labute approximate surface area is 104 Å². The summed E-state index contributed by atoms with van der Waals surface area (Å²) in [6.45, 7) is 0. The topological polar surface area (TPSA) is 50.4 Å². The smallest absolute Gasteiger partial charge is 0.0838 e. The van der Waals surface area contributed by atoms with E-state index in [1.54, 1.807) is 11.3 Å². The molecule has 17 heavy (non-hydrogen) atoms. The lowest BCUT2D eigenvalue weighted by Gasteiger charge is -2.06. The van der Waals surface area contributed by atoms with Crippen LogP contribution in [0, 0.1) is 0 Å². The molecule has 3 rings (SSSR count). The van der Waals surface area contributed by atoms with Crippen LogP contribution in [-0.2, 0) is 0 Å². The van der Waals surface area contributed by atoms with Crippen molar-refractivity contribution in [2.45, 2.75) is 12.5 Å². The SMILES string of the molecule is Nc1ccc(C2=NNC(c3cccs3)C2)cc1. The lowest BCUT2D eigenvalue weighted by atomic mass is 10.0. The van der Waals surface area contributed by atoms with Crippen molar-refractivity contribution < 1.29 is 0 Å². The molecule has 0 fully saturated rings. The molecule has 0 amide bonds. The van der Waals surface area contributed by atoms with E-state index in [1.807, 2.05) is 24.3 Å². The number of thiophene rings is 1.